The quantitative estimate of drug-likeness (QED) is 0.522. The van der Waals surface area contributed by atoms with Gasteiger partial charge in [-0.3, -0.25) is 4.79 Å². The van der Waals surface area contributed by atoms with Crippen molar-refractivity contribution in [2.45, 2.75) is 13.5 Å². The average molecular weight is 375 g/mol. The zero-order valence-electron chi connectivity index (χ0n) is 14.9. The molecule has 3 rings (SSSR count). The van der Waals surface area contributed by atoms with Gasteiger partial charge in [-0.1, -0.05) is 12.1 Å². The Balaban J connectivity index is 1.77. The average Bonchev–Trinajstić information content (AvgIpc) is 3.36. The van der Waals surface area contributed by atoms with Crippen LogP contribution >= 0.6 is 0 Å². The van der Waals surface area contributed by atoms with Crippen molar-refractivity contribution in [3.8, 4) is 17.4 Å². The number of rotatable bonds is 6. The predicted octanol–water partition coefficient (Wildman–Crippen LogP) is 2.43. The van der Waals surface area contributed by atoms with Crippen LogP contribution in [0.3, 0.4) is 0 Å². The molecule has 0 aliphatic heterocycles. The molecule has 0 radical (unpaired) electrons. The molecule has 1 amide bonds. The zero-order chi connectivity index (χ0) is 20.1. The second-order valence-corrected chi connectivity index (χ2v) is 5.95. The summed E-state index contributed by atoms with van der Waals surface area (Å²) in [6.07, 6.45) is 2.83. The van der Waals surface area contributed by atoms with E-state index in [9.17, 15) is 20.0 Å². The lowest BCUT2D eigenvalue weighted by molar-refractivity contribution is -0.255. The van der Waals surface area contributed by atoms with Crippen molar-refractivity contribution < 1.29 is 23.5 Å². The predicted molar refractivity (Wildman–Crippen MR) is 97.4 cm³/mol. The van der Waals surface area contributed by atoms with E-state index in [0.717, 1.165) is 0 Å². The number of nitriles is 1. The number of carbonyl (C=O) groups is 2. The smallest absolute Gasteiger partial charge is 0.262 e. The minimum absolute atomic E-state index is 0.0768. The number of nitrogens with one attached hydrogen (secondary N) is 1. The van der Waals surface area contributed by atoms with Gasteiger partial charge in [-0.05, 0) is 48.4 Å². The van der Waals surface area contributed by atoms with Crippen molar-refractivity contribution in [3.05, 3.63) is 76.9 Å². The number of nitrogens with zero attached hydrogens (tertiary/aromatic N) is 1. The number of carboxylic acid groups (broad SMARTS) is 1. The molecule has 0 bridgehead atoms. The summed E-state index contributed by atoms with van der Waals surface area (Å²) < 4.78 is 10.8. The van der Waals surface area contributed by atoms with Crippen LogP contribution in [0.15, 0.2) is 63.1 Å². The Morgan fingerprint density at radius 2 is 2.07 bits per heavy atom. The number of carboxylic acids is 1. The first kappa shape index (κ1) is 18.7. The van der Waals surface area contributed by atoms with E-state index >= 15 is 0 Å². The molecule has 28 heavy (non-hydrogen) atoms. The van der Waals surface area contributed by atoms with E-state index in [1.807, 2.05) is 6.07 Å². The molecule has 0 spiro atoms. The largest absolute Gasteiger partial charge is 0.545 e. The number of hydrogen-bond acceptors (Lipinski definition) is 6. The molecule has 0 unspecified atom stereocenters. The number of amides is 1. The van der Waals surface area contributed by atoms with E-state index in [2.05, 4.69) is 5.32 Å². The van der Waals surface area contributed by atoms with Crippen LogP contribution < -0.4 is 10.4 Å². The number of carbonyl (C=O) groups excluding carboxylic acids is 2. The van der Waals surface area contributed by atoms with Crippen LogP contribution in [0.2, 0.25) is 0 Å². The van der Waals surface area contributed by atoms with Crippen LogP contribution in [-0.4, -0.2) is 11.9 Å². The molecule has 0 atom stereocenters. The molecule has 1 aromatic carbocycles. The Morgan fingerprint density at radius 1 is 1.25 bits per heavy atom. The van der Waals surface area contributed by atoms with Crippen molar-refractivity contribution in [2.24, 2.45) is 0 Å². The normalized spacial score (nSPS) is 11.1. The molecule has 0 saturated heterocycles. The molecule has 3 aromatic rings. The van der Waals surface area contributed by atoms with Crippen LogP contribution in [0.5, 0.6) is 0 Å². The van der Waals surface area contributed by atoms with Crippen LogP contribution in [0.1, 0.15) is 27.4 Å². The van der Waals surface area contributed by atoms with E-state index < -0.39 is 11.9 Å². The van der Waals surface area contributed by atoms with Crippen LogP contribution in [0.4, 0.5) is 0 Å². The lowest BCUT2D eigenvalue weighted by atomic mass is 10.0. The lowest BCUT2D eigenvalue weighted by Gasteiger charge is -2.07. The highest BCUT2D eigenvalue weighted by Crippen LogP contribution is 2.27. The molecule has 0 fully saturated rings. The number of benzene rings is 1. The van der Waals surface area contributed by atoms with Gasteiger partial charge in [0.15, 0.2) is 0 Å². The first-order valence-corrected chi connectivity index (χ1v) is 8.32. The Hall–Kier alpha value is -4.05. The number of aromatic carboxylic acids is 1. The molecule has 0 saturated carbocycles. The maximum absolute atomic E-state index is 12.2. The Kier molecular flexibility index (Phi) is 5.42. The summed E-state index contributed by atoms with van der Waals surface area (Å²) in [5.74, 6) is -0.422. The second-order valence-electron chi connectivity index (χ2n) is 5.95. The van der Waals surface area contributed by atoms with Gasteiger partial charge in [-0.2, -0.15) is 5.26 Å². The summed E-state index contributed by atoms with van der Waals surface area (Å²) in [5.41, 5.74) is 1.36. The fraction of sp³-hybridized carbons (Fsp3) is 0.0952. The maximum atomic E-state index is 12.2. The molecule has 140 valence electrons. The summed E-state index contributed by atoms with van der Waals surface area (Å²) in [6, 6.07) is 13.1. The summed E-state index contributed by atoms with van der Waals surface area (Å²) in [4.78, 5) is 23.1. The van der Waals surface area contributed by atoms with Gasteiger partial charge in [0.1, 0.15) is 28.9 Å². The molecule has 7 nitrogen and oxygen atoms in total. The van der Waals surface area contributed by atoms with Crippen molar-refractivity contribution in [1.29, 1.82) is 5.26 Å². The molecule has 0 aliphatic carbocycles. The molecular weight excluding hydrogens is 360 g/mol. The monoisotopic (exact) mass is 375 g/mol. The first-order chi connectivity index (χ1) is 13.5. The van der Waals surface area contributed by atoms with E-state index in [1.54, 1.807) is 37.3 Å². The third-order valence-electron chi connectivity index (χ3n) is 4.01. The summed E-state index contributed by atoms with van der Waals surface area (Å²) >= 11 is 0. The Morgan fingerprint density at radius 3 is 2.71 bits per heavy atom. The minimum atomic E-state index is -1.25. The fourth-order valence-corrected chi connectivity index (χ4v) is 2.61. The van der Waals surface area contributed by atoms with Crippen LogP contribution in [0.25, 0.3) is 17.4 Å². The van der Waals surface area contributed by atoms with Gasteiger partial charge < -0.3 is 24.1 Å². The second kappa shape index (κ2) is 8.10. The molecule has 2 aromatic heterocycles. The molecule has 2 heterocycles. The van der Waals surface area contributed by atoms with E-state index in [4.69, 9.17) is 8.83 Å². The standard InChI is InChI=1S/C21H16N2O5/c1-13-9-14(21(25)26)4-6-18(13)19-7-5-16(28-19)10-15(11-22)20(24)23-12-17-3-2-8-27-17/h2-10H,12H2,1H3,(H,23,24)(H,25,26)/p-1/b15-10+. The number of furan rings is 2. The van der Waals surface area contributed by atoms with Gasteiger partial charge in [0, 0.05) is 11.6 Å². The van der Waals surface area contributed by atoms with E-state index in [1.165, 1.54) is 24.5 Å². The molecule has 0 aliphatic rings. The maximum Gasteiger partial charge on any atom is 0.262 e. The third-order valence-corrected chi connectivity index (χ3v) is 4.01. The summed E-state index contributed by atoms with van der Waals surface area (Å²) in [5, 5.41) is 22.8. The fourth-order valence-electron chi connectivity index (χ4n) is 2.61. The van der Waals surface area contributed by atoms with Gasteiger partial charge in [-0.25, -0.2) is 0 Å². The van der Waals surface area contributed by atoms with Crippen molar-refractivity contribution in [2.75, 3.05) is 0 Å². The highest BCUT2D eigenvalue weighted by molar-refractivity contribution is 6.01. The highest BCUT2D eigenvalue weighted by atomic mass is 16.4. The number of aryl methyl sites for hydroxylation is 1. The first-order valence-electron chi connectivity index (χ1n) is 8.32. The van der Waals surface area contributed by atoms with Crippen molar-refractivity contribution in [3.63, 3.8) is 0 Å². The number of hydrogen-bond donors (Lipinski definition) is 1. The SMILES string of the molecule is Cc1cc(C(=O)[O-])ccc1-c1ccc(/C=C(\C#N)C(=O)NCc2ccco2)o1. The Bertz CT molecular complexity index is 1080. The van der Waals surface area contributed by atoms with Gasteiger partial charge >= 0.3 is 0 Å². The molecular formula is C21H15N2O5-. The summed E-state index contributed by atoms with van der Waals surface area (Å²) in [7, 11) is 0. The van der Waals surface area contributed by atoms with E-state index in [-0.39, 0.29) is 17.7 Å². The Labute approximate surface area is 160 Å². The molecule has 7 heteroatoms. The van der Waals surface area contributed by atoms with Gasteiger partial charge in [0.25, 0.3) is 5.91 Å². The summed E-state index contributed by atoms with van der Waals surface area (Å²) in [6.45, 7) is 1.92. The van der Waals surface area contributed by atoms with Gasteiger partial charge in [-0.15, -0.1) is 0 Å². The highest BCUT2D eigenvalue weighted by Gasteiger charge is 2.12. The van der Waals surface area contributed by atoms with E-state index in [0.29, 0.717) is 28.4 Å². The minimum Gasteiger partial charge on any atom is -0.545 e. The van der Waals surface area contributed by atoms with Crippen molar-refractivity contribution >= 4 is 18.0 Å². The van der Waals surface area contributed by atoms with Crippen LogP contribution in [-0.2, 0) is 11.3 Å². The van der Waals surface area contributed by atoms with Crippen molar-refractivity contribution in [1.82, 2.24) is 5.32 Å². The van der Waals surface area contributed by atoms with Crippen LogP contribution in [0, 0.1) is 18.3 Å². The lowest BCUT2D eigenvalue weighted by Crippen LogP contribution is -2.23. The zero-order valence-corrected chi connectivity index (χ0v) is 14.9. The molecule has 1 N–H and O–H groups in total. The van der Waals surface area contributed by atoms with Gasteiger partial charge in [0.05, 0.1) is 18.8 Å². The third kappa shape index (κ3) is 4.19. The van der Waals surface area contributed by atoms with Gasteiger partial charge in [0.2, 0.25) is 0 Å². The topological polar surface area (TPSA) is 119 Å².